The van der Waals surface area contributed by atoms with E-state index >= 15 is 0 Å². The zero-order valence-electron chi connectivity index (χ0n) is 9.70. The number of ether oxygens (including phenoxy) is 1. The van der Waals surface area contributed by atoms with Crippen LogP contribution in [0.15, 0.2) is 24.3 Å². The Hall–Kier alpha value is -1.66. The van der Waals surface area contributed by atoms with Crippen molar-refractivity contribution >= 4 is 5.69 Å². The zero-order chi connectivity index (χ0) is 12.7. The number of nitrogens with zero attached hydrogens (tertiary/aromatic N) is 2. The number of nitro benzene ring substituents is 1. The summed E-state index contributed by atoms with van der Waals surface area (Å²) in [6.07, 6.45) is 0. The summed E-state index contributed by atoms with van der Waals surface area (Å²) in [4.78, 5) is 12.1. The molecule has 1 N–H and O–H groups in total. The molecule has 0 aliphatic carbocycles. The maximum Gasteiger partial charge on any atom is 0.310 e. The van der Waals surface area contributed by atoms with Crippen molar-refractivity contribution < 1.29 is 14.8 Å². The van der Waals surface area contributed by atoms with E-state index in [2.05, 4.69) is 0 Å². The fourth-order valence-electron chi connectivity index (χ4n) is 1.32. The summed E-state index contributed by atoms with van der Waals surface area (Å²) in [5.74, 6) is 0.273. The molecule has 94 valence electrons. The molecule has 6 nitrogen and oxygen atoms in total. The Balaban J connectivity index is 2.49. The molecule has 1 aromatic rings. The molecule has 0 spiro atoms. The van der Waals surface area contributed by atoms with Crippen molar-refractivity contribution in [1.29, 1.82) is 0 Å². The molecular weight excluding hydrogens is 224 g/mol. The summed E-state index contributed by atoms with van der Waals surface area (Å²) >= 11 is 0. The Morgan fingerprint density at radius 3 is 2.76 bits per heavy atom. The van der Waals surface area contributed by atoms with Gasteiger partial charge in [-0.2, -0.15) is 0 Å². The normalized spacial score (nSPS) is 10.5. The molecule has 0 saturated carbocycles. The summed E-state index contributed by atoms with van der Waals surface area (Å²) in [5.41, 5.74) is -0.0303. The standard InChI is InChI=1S/C11H16N2O4/c1-12(6-8-14)7-9-17-11-5-3-2-4-10(11)13(15)16/h2-5,14H,6-9H2,1H3. The lowest BCUT2D eigenvalue weighted by atomic mass is 10.3. The predicted molar refractivity (Wildman–Crippen MR) is 63.2 cm³/mol. The van der Waals surface area contributed by atoms with Crippen LogP contribution in [-0.2, 0) is 0 Å². The Morgan fingerprint density at radius 1 is 1.41 bits per heavy atom. The summed E-state index contributed by atoms with van der Waals surface area (Å²) in [5, 5.41) is 19.4. The Bertz CT molecular complexity index is 370. The fraction of sp³-hybridized carbons (Fsp3) is 0.455. The Kier molecular flexibility index (Phi) is 5.38. The molecule has 0 unspecified atom stereocenters. The Labute approximate surface area is 99.6 Å². The van der Waals surface area contributed by atoms with E-state index in [1.807, 2.05) is 11.9 Å². The van der Waals surface area contributed by atoms with E-state index in [1.54, 1.807) is 18.2 Å². The van der Waals surface area contributed by atoms with Gasteiger partial charge >= 0.3 is 5.69 Å². The van der Waals surface area contributed by atoms with E-state index in [9.17, 15) is 10.1 Å². The summed E-state index contributed by atoms with van der Waals surface area (Å²) in [6, 6.07) is 6.28. The van der Waals surface area contributed by atoms with Crippen molar-refractivity contribution in [3.63, 3.8) is 0 Å². The summed E-state index contributed by atoms with van der Waals surface area (Å²) in [7, 11) is 1.85. The summed E-state index contributed by atoms with van der Waals surface area (Å²) < 4.78 is 5.35. The van der Waals surface area contributed by atoms with Crippen molar-refractivity contribution in [2.75, 3.05) is 33.4 Å². The number of rotatable bonds is 7. The number of nitro groups is 1. The van der Waals surface area contributed by atoms with E-state index in [0.717, 1.165) is 0 Å². The van der Waals surface area contributed by atoms with Gasteiger partial charge in [0.15, 0.2) is 5.75 Å². The highest BCUT2D eigenvalue weighted by atomic mass is 16.6. The molecule has 1 rings (SSSR count). The number of aliphatic hydroxyl groups excluding tert-OH is 1. The van der Waals surface area contributed by atoms with Crippen LogP contribution in [0, 0.1) is 10.1 Å². The topological polar surface area (TPSA) is 75.8 Å². The van der Waals surface area contributed by atoms with Gasteiger partial charge in [-0.3, -0.25) is 10.1 Å². The summed E-state index contributed by atoms with van der Waals surface area (Å²) in [6.45, 7) is 1.59. The van der Waals surface area contributed by atoms with Gasteiger partial charge < -0.3 is 14.7 Å². The van der Waals surface area contributed by atoms with Gasteiger partial charge in [0.25, 0.3) is 0 Å². The highest BCUT2D eigenvalue weighted by molar-refractivity contribution is 5.45. The highest BCUT2D eigenvalue weighted by Crippen LogP contribution is 2.25. The van der Waals surface area contributed by atoms with E-state index in [-0.39, 0.29) is 18.0 Å². The van der Waals surface area contributed by atoms with Gasteiger partial charge in [-0.25, -0.2) is 0 Å². The average molecular weight is 240 g/mol. The van der Waals surface area contributed by atoms with Crippen LogP contribution in [0.25, 0.3) is 0 Å². The van der Waals surface area contributed by atoms with Gasteiger partial charge in [-0.05, 0) is 13.1 Å². The second-order valence-corrected chi connectivity index (χ2v) is 3.60. The van der Waals surface area contributed by atoms with Crippen molar-refractivity contribution in [3.05, 3.63) is 34.4 Å². The molecule has 0 aromatic heterocycles. The lowest BCUT2D eigenvalue weighted by molar-refractivity contribution is -0.385. The van der Waals surface area contributed by atoms with Crippen LogP contribution in [0.4, 0.5) is 5.69 Å². The van der Waals surface area contributed by atoms with Gasteiger partial charge in [0.1, 0.15) is 6.61 Å². The molecule has 0 radical (unpaired) electrons. The third-order valence-electron chi connectivity index (χ3n) is 2.27. The number of hydrogen-bond acceptors (Lipinski definition) is 5. The van der Waals surface area contributed by atoms with Crippen molar-refractivity contribution in [3.8, 4) is 5.75 Å². The van der Waals surface area contributed by atoms with Crippen LogP contribution in [0.5, 0.6) is 5.75 Å². The van der Waals surface area contributed by atoms with Crippen LogP contribution in [-0.4, -0.2) is 48.3 Å². The van der Waals surface area contributed by atoms with Crippen LogP contribution >= 0.6 is 0 Å². The first-order valence-electron chi connectivity index (χ1n) is 5.30. The fourth-order valence-corrected chi connectivity index (χ4v) is 1.32. The first kappa shape index (κ1) is 13.4. The number of likely N-dealkylation sites (N-methyl/N-ethyl adjacent to an activating group) is 1. The average Bonchev–Trinajstić information content (AvgIpc) is 2.30. The Morgan fingerprint density at radius 2 is 2.12 bits per heavy atom. The van der Waals surface area contributed by atoms with E-state index in [1.165, 1.54) is 6.07 Å². The largest absolute Gasteiger partial charge is 0.485 e. The number of benzene rings is 1. The molecule has 1 aromatic carbocycles. The molecule has 0 heterocycles. The van der Waals surface area contributed by atoms with E-state index < -0.39 is 4.92 Å². The first-order chi connectivity index (χ1) is 8.15. The van der Waals surface area contributed by atoms with Crippen molar-refractivity contribution in [2.24, 2.45) is 0 Å². The molecular formula is C11H16N2O4. The highest BCUT2D eigenvalue weighted by Gasteiger charge is 2.13. The van der Waals surface area contributed by atoms with Crippen molar-refractivity contribution in [1.82, 2.24) is 4.90 Å². The zero-order valence-corrected chi connectivity index (χ0v) is 9.70. The van der Waals surface area contributed by atoms with E-state index in [4.69, 9.17) is 9.84 Å². The molecule has 0 aliphatic rings. The van der Waals surface area contributed by atoms with Crippen LogP contribution in [0.3, 0.4) is 0 Å². The van der Waals surface area contributed by atoms with E-state index in [0.29, 0.717) is 19.7 Å². The number of aliphatic hydroxyl groups is 1. The molecule has 0 atom stereocenters. The number of para-hydroxylation sites is 2. The van der Waals surface area contributed by atoms with Gasteiger partial charge in [0.05, 0.1) is 11.5 Å². The minimum Gasteiger partial charge on any atom is -0.485 e. The lowest BCUT2D eigenvalue weighted by Gasteiger charge is -2.15. The minimum atomic E-state index is -0.466. The lowest BCUT2D eigenvalue weighted by Crippen LogP contribution is -2.27. The molecule has 0 fully saturated rings. The van der Waals surface area contributed by atoms with Crippen LogP contribution in [0.1, 0.15) is 0 Å². The molecule has 0 amide bonds. The monoisotopic (exact) mass is 240 g/mol. The maximum absolute atomic E-state index is 10.7. The quantitative estimate of drug-likeness (QED) is 0.566. The molecule has 0 aliphatic heterocycles. The number of hydrogen-bond donors (Lipinski definition) is 1. The van der Waals surface area contributed by atoms with Gasteiger partial charge in [-0.15, -0.1) is 0 Å². The smallest absolute Gasteiger partial charge is 0.310 e. The molecule has 6 heteroatoms. The van der Waals surface area contributed by atoms with Gasteiger partial charge in [0, 0.05) is 19.2 Å². The molecule has 17 heavy (non-hydrogen) atoms. The van der Waals surface area contributed by atoms with Gasteiger partial charge in [-0.1, -0.05) is 12.1 Å². The third-order valence-corrected chi connectivity index (χ3v) is 2.27. The molecule has 0 bridgehead atoms. The van der Waals surface area contributed by atoms with Crippen LogP contribution < -0.4 is 4.74 Å². The van der Waals surface area contributed by atoms with Gasteiger partial charge in [0.2, 0.25) is 0 Å². The second-order valence-electron chi connectivity index (χ2n) is 3.60. The molecule has 0 saturated heterocycles. The maximum atomic E-state index is 10.7. The minimum absolute atomic E-state index is 0.0303. The first-order valence-corrected chi connectivity index (χ1v) is 5.30. The van der Waals surface area contributed by atoms with Crippen molar-refractivity contribution in [2.45, 2.75) is 0 Å². The van der Waals surface area contributed by atoms with Crippen LogP contribution in [0.2, 0.25) is 0 Å². The second kappa shape index (κ2) is 6.82. The predicted octanol–water partition coefficient (Wildman–Crippen LogP) is 0.898. The third kappa shape index (κ3) is 4.38. The SMILES string of the molecule is CN(CCO)CCOc1ccccc1[N+](=O)[O-].